The van der Waals surface area contributed by atoms with Gasteiger partial charge in [0, 0.05) is 24.7 Å². The number of amides is 1. The molecule has 0 radical (unpaired) electrons. The van der Waals surface area contributed by atoms with Crippen LogP contribution < -0.4 is 5.32 Å². The second-order valence-electron chi connectivity index (χ2n) is 6.34. The highest BCUT2D eigenvalue weighted by molar-refractivity contribution is 7.99. The van der Waals surface area contributed by atoms with E-state index in [1.54, 1.807) is 23.5 Å². The summed E-state index contributed by atoms with van der Waals surface area (Å²) in [6.45, 7) is 5.02. The Bertz CT molecular complexity index is 1150. The molecule has 29 heavy (non-hydrogen) atoms. The number of imidazole rings is 1. The van der Waals surface area contributed by atoms with Crippen LogP contribution in [0.5, 0.6) is 0 Å². The van der Waals surface area contributed by atoms with Crippen molar-refractivity contribution in [3.05, 3.63) is 52.9 Å². The van der Waals surface area contributed by atoms with Crippen LogP contribution >= 0.6 is 23.1 Å². The Morgan fingerprint density at radius 3 is 2.83 bits per heavy atom. The monoisotopic (exact) mass is 430 g/mol. The molecule has 0 saturated carbocycles. The summed E-state index contributed by atoms with van der Waals surface area (Å²) in [5.74, 6) is 0.550. The molecule has 3 heterocycles. The zero-order chi connectivity index (χ0) is 20.4. The molecule has 0 spiro atoms. The number of carbonyl (C=O) groups excluding carboxylic acids is 1. The fourth-order valence-corrected chi connectivity index (χ4v) is 4.59. The molecule has 1 aromatic carbocycles. The van der Waals surface area contributed by atoms with Crippen molar-refractivity contribution >= 4 is 34.0 Å². The van der Waals surface area contributed by atoms with Gasteiger partial charge in [0.25, 0.3) is 0 Å². The molecule has 4 aromatic rings. The van der Waals surface area contributed by atoms with E-state index in [2.05, 4.69) is 20.5 Å². The standard InChI is InChI=1S/C19H19FN6OS2/c1-3-25-17(16-12(2)22-18-26(16)8-9-28-18)23-24-19(25)29-11-15(27)21-10-13-4-6-14(20)7-5-13/h4-9H,3,10-11H2,1-2H3,(H,21,27). The molecule has 0 aliphatic rings. The number of rotatable bonds is 7. The van der Waals surface area contributed by atoms with E-state index >= 15 is 0 Å². The van der Waals surface area contributed by atoms with Gasteiger partial charge in [0.2, 0.25) is 5.91 Å². The van der Waals surface area contributed by atoms with Crippen LogP contribution in [0.1, 0.15) is 18.2 Å². The fourth-order valence-electron chi connectivity index (χ4n) is 3.00. The van der Waals surface area contributed by atoms with Gasteiger partial charge in [-0.3, -0.25) is 9.20 Å². The van der Waals surface area contributed by atoms with E-state index in [-0.39, 0.29) is 17.5 Å². The predicted octanol–water partition coefficient (Wildman–Crippen LogP) is 3.53. The number of carbonyl (C=O) groups is 1. The molecular formula is C19H19FN6OS2. The van der Waals surface area contributed by atoms with E-state index in [0.717, 1.165) is 27.7 Å². The lowest BCUT2D eigenvalue weighted by Crippen LogP contribution is -2.24. The number of hydrogen-bond acceptors (Lipinski definition) is 6. The number of benzene rings is 1. The zero-order valence-electron chi connectivity index (χ0n) is 15.9. The van der Waals surface area contributed by atoms with Crippen molar-refractivity contribution in [1.82, 2.24) is 29.5 Å². The maximum Gasteiger partial charge on any atom is 0.230 e. The number of fused-ring (bicyclic) bond motifs is 1. The van der Waals surface area contributed by atoms with Gasteiger partial charge in [-0.15, -0.1) is 21.5 Å². The van der Waals surface area contributed by atoms with E-state index in [1.807, 2.05) is 34.4 Å². The van der Waals surface area contributed by atoms with Gasteiger partial charge >= 0.3 is 0 Å². The van der Waals surface area contributed by atoms with Crippen molar-refractivity contribution in [2.75, 3.05) is 5.75 Å². The van der Waals surface area contributed by atoms with Crippen LogP contribution in [0.2, 0.25) is 0 Å². The summed E-state index contributed by atoms with van der Waals surface area (Å²) in [5, 5.41) is 14.2. The minimum atomic E-state index is -0.293. The highest BCUT2D eigenvalue weighted by atomic mass is 32.2. The normalized spacial score (nSPS) is 11.3. The molecule has 0 aliphatic heterocycles. The average Bonchev–Trinajstić information content (AvgIpc) is 3.39. The largest absolute Gasteiger partial charge is 0.351 e. The predicted molar refractivity (Wildman–Crippen MR) is 111 cm³/mol. The van der Waals surface area contributed by atoms with Crippen molar-refractivity contribution in [3.63, 3.8) is 0 Å². The Kier molecular flexibility index (Phi) is 5.63. The summed E-state index contributed by atoms with van der Waals surface area (Å²) in [4.78, 5) is 17.7. The summed E-state index contributed by atoms with van der Waals surface area (Å²) in [5.41, 5.74) is 2.66. The molecule has 0 atom stereocenters. The van der Waals surface area contributed by atoms with Crippen LogP contribution in [-0.2, 0) is 17.9 Å². The first-order valence-electron chi connectivity index (χ1n) is 9.06. The van der Waals surface area contributed by atoms with E-state index in [4.69, 9.17) is 0 Å². The SMILES string of the molecule is CCn1c(SCC(=O)NCc2ccc(F)cc2)nnc1-c1c(C)nc2sccn12. The molecule has 10 heteroatoms. The molecule has 4 rings (SSSR count). The number of halogens is 1. The van der Waals surface area contributed by atoms with Gasteiger partial charge in [-0.1, -0.05) is 23.9 Å². The van der Waals surface area contributed by atoms with Gasteiger partial charge in [-0.25, -0.2) is 9.37 Å². The highest BCUT2D eigenvalue weighted by Gasteiger charge is 2.20. The molecule has 0 saturated heterocycles. The molecule has 150 valence electrons. The van der Waals surface area contributed by atoms with E-state index in [9.17, 15) is 9.18 Å². The Hall–Kier alpha value is -2.72. The van der Waals surface area contributed by atoms with E-state index in [0.29, 0.717) is 18.2 Å². The molecular weight excluding hydrogens is 411 g/mol. The summed E-state index contributed by atoms with van der Waals surface area (Å²) in [6, 6.07) is 6.07. The summed E-state index contributed by atoms with van der Waals surface area (Å²) < 4.78 is 17.0. The first kappa shape index (κ1) is 19.6. The average molecular weight is 431 g/mol. The first-order valence-corrected chi connectivity index (χ1v) is 10.9. The third-order valence-electron chi connectivity index (χ3n) is 4.42. The van der Waals surface area contributed by atoms with Gasteiger partial charge < -0.3 is 9.88 Å². The minimum Gasteiger partial charge on any atom is -0.351 e. The van der Waals surface area contributed by atoms with Crippen LogP contribution in [-0.4, -0.2) is 35.8 Å². The molecule has 1 amide bonds. The number of nitrogens with zero attached hydrogens (tertiary/aromatic N) is 5. The maximum atomic E-state index is 13.0. The van der Waals surface area contributed by atoms with Gasteiger partial charge in [0.1, 0.15) is 11.5 Å². The number of aryl methyl sites for hydroxylation is 1. The van der Waals surface area contributed by atoms with Crippen molar-refractivity contribution in [2.24, 2.45) is 0 Å². The maximum absolute atomic E-state index is 13.0. The van der Waals surface area contributed by atoms with Gasteiger partial charge in [-0.2, -0.15) is 0 Å². The van der Waals surface area contributed by atoms with E-state index in [1.165, 1.54) is 23.9 Å². The highest BCUT2D eigenvalue weighted by Crippen LogP contribution is 2.28. The van der Waals surface area contributed by atoms with Gasteiger partial charge in [-0.05, 0) is 31.5 Å². The van der Waals surface area contributed by atoms with Crippen LogP contribution in [0.4, 0.5) is 4.39 Å². The molecule has 7 nitrogen and oxygen atoms in total. The Morgan fingerprint density at radius 1 is 1.28 bits per heavy atom. The quantitative estimate of drug-likeness (QED) is 0.454. The van der Waals surface area contributed by atoms with Crippen molar-refractivity contribution in [2.45, 2.75) is 32.1 Å². The third kappa shape index (κ3) is 4.03. The number of hydrogen-bond donors (Lipinski definition) is 1. The van der Waals surface area contributed by atoms with Crippen LogP contribution in [0.3, 0.4) is 0 Å². The van der Waals surface area contributed by atoms with Gasteiger partial charge in [0.15, 0.2) is 15.9 Å². The molecule has 1 N–H and O–H groups in total. The first-order chi connectivity index (χ1) is 14.1. The lowest BCUT2D eigenvalue weighted by molar-refractivity contribution is -0.118. The lowest BCUT2D eigenvalue weighted by Gasteiger charge is -2.08. The minimum absolute atomic E-state index is 0.118. The number of nitrogens with one attached hydrogen (secondary N) is 1. The molecule has 0 fully saturated rings. The number of thiazole rings is 1. The van der Waals surface area contributed by atoms with Crippen molar-refractivity contribution in [3.8, 4) is 11.5 Å². The third-order valence-corrected chi connectivity index (χ3v) is 6.14. The summed E-state index contributed by atoms with van der Waals surface area (Å²) in [7, 11) is 0. The Balaban J connectivity index is 1.44. The van der Waals surface area contributed by atoms with Crippen LogP contribution in [0, 0.1) is 12.7 Å². The number of thioether (sulfide) groups is 1. The van der Waals surface area contributed by atoms with Crippen LogP contribution in [0.25, 0.3) is 16.5 Å². The van der Waals surface area contributed by atoms with Crippen molar-refractivity contribution < 1.29 is 9.18 Å². The second-order valence-corrected chi connectivity index (χ2v) is 8.16. The second kappa shape index (κ2) is 8.34. The molecule has 0 aliphatic carbocycles. The molecule has 0 unspecified atom stereocenters. The Morgan fingerprint density at radius 2 is 2.07 bits per heavy atom. The Labute approximate surface area is 175 Å². The fraction of sp³-hybridized carbons (Fsp3) is 0.263. The van der Waals surface area contributed by atoms with Crippen molar-refractivity contribution in [1.29, 1.82) is 0 Å². The zero-order valence-corrected chi connectivity index (χ0v) is 17.6. The summed E-state index contributed by atoms with van der Waals surface area (Å²) in [6.07, 6.45) is 1.97. The molecule has 3 aromatic heterocycles. The lowest BCUT2D eigenvalue weighted by atomic mass is 10.2. The van der Waals surface area contributed by atoms with Crippen LogP contribution in [0.15, 0.2) is 41.0 Å². The van der Waals surface area contributed by atoms with Gasteiger partial charge in [0.05, 0.1) is 11.4 Å². The van der Waals surface area contributed by atoms with E-state index < -0.39 is 0 Å². The topological polar surface area (TPSA) is 77.1 Å². The summed E-state index contributed by atoms with van der Waals surface area (Å²) >= 11 is 2.91. The molecule has 0 bridgehead atoms. The number of aromatic nitrogens is 5. The smallest absolute Gasteiger partial charge is 0.230 e.